The number of nitrogens with two attached hydrogens (primary N) is 1. The number of guanidine groups is 1. The van der Waals surface area contributed by atoms with Crippen LogP contribution in [0.1, 0.15) is 38.3 Å². The van der Waals surface area contributed by atoms with Crippen molar-refractivity contribution in [1.29, 1.82) is 0 Å². The number of hydrogen-bond donors (Lipinski definition) is 3. The van der Waals surface area contributed by atoms with Crippen molar-refractivity contribution in [2.75, 3.05) is 11.9 Å². The van der Waals surface area contributed by atoms with Gasteiger partial charge >= 0.3 is 0 Å². The normalized spacial score (nSPS) is 12.7. The van der Waals surface area contributed by atoms with E-state index < -0.39 is 0 Å². The molecule has 0 spiro atoms. The molecule has 1 aromatic rings. The predicted molar refractivity (Wildman–Crippen MR) is 97.0 cm³/mol. The third-order valence-electron chi connectivity index (χ3n) is 3.26. The molecule has 1 rings (SSSR count). The van der Waals surface area contributed by atoms with E-state index in [4.69, 9.17) is 10.8 Å². The fourth-order valence-electron chi connectivity index (χ4n) is 2.02. The zero-order chi connectivity index (χ0) is 14.3. The minimum atomic E-state index is -0.133. The van der Waals surface area contributed by atoms with Gasteiger partial charge in [0.05, 0.1) is 12.6 Å². The molecule has 0 aliphatic carbocycles. The van der Waals surface area contributed by atoms with Gasteiger partial charge in [-0.1, -0.05) is 39.0 Å². The Balaban J connectivity index is 0.00000361. The van der Waals surface area contributed by atoms with Gasteiger partial charge in [0.1, 0.15) is 0 Å². The summed E-state index contributed by atoms with van der Waals surface area (Å²) < 4.78 is 0. The Bertz CT molecular complexity index is 409. The number of nitrogens with zero attached hydrogens (tertiary/aromatic N) is 1. The van der Waals surface area contributed by atoms with E-state index in [1.807, 2.05) is 6.92 Å². The molecule has 0 aliphatic rings. The maximum atomic E-state index is 9.15. The number of aliphatic hydroxyl groups excluding tert-OH is 1. The van der Waals surface area contributed by atoms with Gasteiger partial charge < -0.3 is 16.2 Å². The Morgan fingerprint density at radius 3 is 2.20 bits per heavy atom. The Morgan fingerprint density at radius 1 is 1.25 bits per heavy atom. The summed E-state index contributed by atoms with van der Waals surface area (Å²) in [4.78, 5) is 4.29. The highest BCUT2D eigenvalue weighted by atomic mass is 127. The molecule has 0 aliphatic heterocycles. The lowest BCUT2D eigenvalue weighted by Crippen LogP contribution is -2.27. The van der Waals surface area contributed by atoms with E-state index in [0.717, 1.165) is 24.9 Å². The molecule has 0 heterocycles. The van der Waals surface area contributed by atoms with Gasteiger partial charge in [-0.15, -0.1) is 24.0 Å². The van der Waals surface area contributed by atoms with Crippen LogP contribution in [-0.2, 0) is 12.8 Å². The van der Waals surface area contributed by atoms with E-state index in [1.54, 1.807) is 0 Å². The van der Waals surface area contributed by atoms with E-state index in [-0.39, 0.29) is 36.6 Å². The second kappa shape index (κ2) is 9.99. The van der Waals surface area contributed by atoms with Crippen molar-refractivity contribution in [3.05, 3.63) is 29.3 Å². The van der Waals surface area contributed by atoms with Gasteiger partial charge in [-0.25, -0.2) is 4.99 Å². The maximum absolute atomic E-state index is 9.15. The summed E-state index contributed by atoms with van der Waals surface area (Å²) >= 11 is 0. The quantitative estimate of drug-likeness (QED) is 0.397. The number of para-hydroxylation sites is 1. The fourth-order valence-corrected chi connectivity index (χ4v) is 2.02. The van der Waals surface area contributed by atoms with Crippen LogP contribution in [0.5, 0.6) is 0 Å². The van der Waals surface area contributed by atoms with Crippen molar-refractivity contribution in [2.45, 2.75) is 46.1 Å². The average Bonchev–Trinajstić information content (AvgIpc) is 2.44. The van der Waals surface area contributed by atoms with Crippen LogP contribution in [0.25, 0.3) is 0 Å². The van der Waals surface area contributed by atoms with Crippen LogP contribution in [0.4, 0.5) is 5.69 Å². The van der Waals surface area contributed by atoms with Crippen molar-refractivity contribution >= 4 is 35.6 Å². The van der Waals surface area contributed by atoms with Crippen LogP contribution >= 0.6 is 24.0 Å². The number of aryl methyl sites for hydroxylation is 2. The van der Waals surface area contributed by atoms with Gasteiger partial charge in [0.15, 0.2) is 5.96 Å². The summed E-state index contributed by atoms with van der Waals surface area (Å²) in [5.74, 6) is 0.372. The Kier molecular flexibility index (Phi) is 9.58. The minimum absolute atomic E-state index is 0. The summed E-state index contributed by atoms with van der Waals surface area (Å²) in [6.07, 6.45) is 2.66. The van der Waals surface area contributed by atoms with Crippen LogP contribution < -0.4 is 11.1 Å². The SMILES string of the molecule is CCc1cccc(CC)c1NC(N)=N[C@H](CC)CO.I. The van der Waals surface area contributed by atoms with Gasteiger partial charge in [-0.2, -0.15) is 0 Å². The van der Waals surface area contributed by atoms with E-state index in [0.29, 0.717) is 5.96 Å². The Hall–Kier alpha value is -0.820. The lowest BCUT2D eigenvalue weighted by Gasteiger charge is -2.16. The molecule has 0 aromatic heterocycles. The fraction of sp³-hybridized carbons (Fsp3) is 0.533. The van der Waals surface area contributed by atoms with Gasteiger partial charge in [-0.05, 0) is 30.4 Å². The molecular formula is C15H26IN3O. The number of anilines is 1. The molecule has 4 N–H and O–H groups in total. The zero-order valence-corrected chi connectivity index (χ0v) is 14.8. The first-order chi connectivity index (χ1) is 9.15. The van der Waals surface area contributed by atoms with E-state index in [9.17, 15) is 0 Å². The second-order valence-electron chi connectivity index (χ2n) is 4.54. The molecule has 0 unspecified atom stereocenters. The summed E-state index contributed by atoms with van der Waals surface area (Å²) in [6, 6.07) is 6.13. The Labute approximate surface area is 138 Å². The number of aliphatic hydroxyl groups is 1. The maximum Gasteiger partial charge on any atom is 0.193 e. The van der Waals surface area contributed by atoms with Crippen molar-refractivity contribution in [1.82, 2.24) is 0 Å². The molecule has 4 nitrogen and oxygen atoms in total. The standard InChI is InChI=1S/C15H25N3O.HI/c1-4-11-8-7-9-12(5-2)14(11)18-15(16)17-13(6-3)10-19;/h7-9,13,19H,4-6,10H2,1-3H3,(H3,16,17,18);1H/t13-;/m1./s1. The monoisotopic (exact) mass is 391 g/mol. The number of nitrogens with one attached hydrogen (secondary N) is 1. The molecular weight excluding hydrogens is 365 g/mol. The summed E-state index contributed by atoms with van der Waals surface area (Å²) in [7, 11) is 0. The lowest BCUT2D eigenvalue weighted by molar-refractivity contribution is 0.264. The number of aliphatic imine (C=N–C) groups is 1. The van der Waals surface area contributed by atoms with Gasteiger partial charge in [0.2, 0.25) is 0 Å². The van der Waals surface area contributed by atoms with Gasteiger partial charge in [0, 0.05) is 5.69 Å². The van der Waals surface area contributed by atoms with E-state index in [2.05, 4.69) is 42.4 Å². The summed E-state index contributed by atoms with van der Waals surface area (Å²) in [5.41, 5.74) is 9.45. The van der Waals surface area contributed by atoms with Crippen LogP contribution in [0.3, 0.4) is 0 Å². The van der Waals surface area contributed by atoms with Crippen molar-refractivity contribution in [2.24, 2.45) is 10.7 Å². The molecule has 5 heteroatoms. The molecule has 20 heavy (non-hydrogen) atoms. The number of rotatable bonds is 6. The smallest absolute Gasteiger partial charge is 0.193 e. The zero-order valence-electron chi connectivity index (χ0n) is 12.5. The molecule has 0 fully saturated rings. The van der Waals surface area contributed by atoms with Crippen molar-refractivity contribution in [3.63, 3.8) is 0 Å². The number of halogens is 1. The highest BCUT2D eigenvalue weighted by Gasteiger charge is 2.08. The van der Waals surface area contributed by atoms with Crippen LogP contribution in [0.15, 0.2) is 23.2 Å². The first-order valence-electron chi connectivity index (χ1n) is 6.98. The molecule has 0 saturated heterocycles. The predicted octanol–water partition coefficient (Wildman–Crippen LogP) is 2.93. The van der Waals surface area contributed by atoms with E-state index >= 15 is 0 Å². The average molecular weight is 391 g/mol. The minimum Gasteiger partial charge on any atom is -0.394 e. The molecule has 1 aromatic carbocycles. The van der Waals surface area contributed by atoms with Crippen LogP contribution in [0, 0.1) is 0 Å². The van der Waals surface area contributed by atoms with Crippen molar-refractivity contribution < 1.29 is 5.11 Å². The lowest BCUT2D eigenvalue weighted by atomic mass is 10.0. The molecule has 0 bridgehead atoms. The number of benzene rings is 1. The largest absolute Gasteiger partial charge is 0.394 e. The van der Waals surface area contributed by atoms with Crippen molar-refractivity contribution in [3.8, 4) is 0 Å². The second-order valence-corrected chi connectivity index (χ2v) is 4.54. The molecule has 114 valence electrons. The van der Waals surface area contributed by atoms with E-state index in [1.165, 1.54) is 11.1 Å². The number of hydrogen-bond acceptors (Lipinski definition) is 2. The van der Waals surface area contributed by atoms with Gasteiger partial charge in [-0.3, -0.25) is 0 Å². The molecule has 1 atom stereocenters. The topological polar surface area (TPSA) is 70.6 Å². The molecule has 0 radical (unpaired) electrons. The van der Waals surface area contributed by atoms with Crippen LogP contribution in [0.2, 0.25) is 0 Å². The first kappa shape index (κ1) is 19.2. The highest BCUT2D eigenvalue weighted by Crippen LogP contribution is 2.22. The van der Waals surface area contributed by atoms with Crippen LogP contribution in [-0.4, -0.2) is 23.7 Å². The van der Waals surface area contributed by atoms with Gasteiger partial charge in [0.25, 0.3) is 0 Å². The molecule has 0 amide bonds. The summed E-state index contributed by atoms with van der Waals surface area (Å²) in [6.45, 7) is 6.25. The first-order valence-corrected chi connectivity index (χ1v) is 6.98. The third kappa shape index (κ3) is 5.28. The Morgan fingerprint density at radius 2 is 1.80 bits per heavy atom. The molecule has 0 saturated carbocycles. The highest BCUT2D eigenvalue weighted by molar-refractivity contribution is 14.0. The summed E-state index contributed by atoms with van der Waals surface area (Å²) in [5, 5.41) is 12.3. The third-order valence-corrected chi connectivity index (χ3v) is 3.26.